The van der Waals surface area contributed by atoms with E-state index in [4.69, 9.17) is 14.2 Å². The van der Waals surface area contributed by atoms with Gasteiger partial charge in [0.2, 0.25) is 0 Å². The quantitative estimate of drug-likeness (QED) is 0.125. The van der Waals surface area contributed by atoms with E-state index < -0.39 is 35.1 Å². The standard InChI is InChI=1S/C33H42F6N2O6/c1-4-9-21-18-24(31(44,32(34,35)36)33(37,38)39)19-22(10-5-2)27(21)47-15-8-7-14-41-28(42)30(13-6-3,40-29(41)43)23-11-12-25-26(20-23)46-17-16-45-25/h11-12,18-19,23,44H,4-10,13-17,20H2,1-3H3,(H,40,43). The predicted octanol–water partition coefficient (Wildman–Crippen LogP) is 6.99. The van der Waals surface area contributed by atoms with Gasteiger partial charge in [-0.25, -0.2) is 4.79 Å². The summed E-state index contributed by atoms with van der Waals surface area (Å²) in [6.07, 6.45) is -5.14. The van der Waals surface area contributed by atoms with Crippen LogP contribution in [0.5, 0.6) is 5.75 Å². The van der Waals surface area contributed by atoms with Gasteiger partial charge in [0.25, 0.3) is 11.5 Å². The first-order valence-corrected chi connectivity index (χ1v) is 16.1. The second kappa shape index (κ2) is 14.4. The summed E-state index contributed by atoms with van der Waals surface area (Å²) in [7, 11) is 0. The van der Waals surface area contributed by atoms with Crippen LogP contribution in [-0.2, 0) is 32.7 Å². The largest absolute Gasteiger partial charge is 0.493 e. The summed E-state index contributed by atoms with van der Waals surface area (Å²) in [5, 5.41) is 13.0. The third-order valence-electron chi connectivity index (χ3n) is 8.80. The van der Waals surface area contributed by atoms with Gasteiger partial charge < -0.3 is 24.6 Å². The Balaban J connectivity index is 1.46. The lowest BCUT2D eigenvalue weighted by molar-refractivity contribution is -0.376. The van der Waals surface area contributed by atoms with Crippen molar-refractivity contribution in [3.8, 4) is 5.75 Å². The van der Waals surface area contributed by atoms with Gasteiger partial charge in [-0.05, 0) is 61.4 Å². The molecule has 2 heterocycles. The highest BCUT2D eigenvalue weighted by Gasteiger charge is 2.71. The Morgan fingerprint density at radius 3 is 2.15 bits per heavy atom. The maximum atomic E-state index is 13.8. The number of hydrogen-bond donors (Lipinski definition) is 2. The summed E-state index contributed by atoms with van der Waals surface area (Å²) in [5.74, 6) is 0.789. The lowest BCUT2D eigenvalue weighted by Crippen LogP contribution is -2.54. The Morgan fingerprint density at radius 2 is 1.57 bits per heavy atom. The van der Waals surface area contributed by atoms with E-state index in [1.165, 1.54) is 4.90 Å². The van der Waals surface area contributed by atoms with Crippen molar-refractivity contribution < 1.29 is 55.2 Å². The molecule has 1 aromatic carbocycles. The number of hydrogen-bond acceptors (Lipinski definition) is 6. The van der Waals surface area contributed by atoms with E-state index in [0.29, 0.717) is 69.7 Å². The number of alkyl halides is 6. The predicted molar refractivity (Wildman–Crippen MR) is 159 cm³/mol. The molecule has 0 saturated carbocycles. The van der Waals surface area contributed by atoms with E-state index in [1.807, 2.05) is 13.0 Å². The van der Waals surface area contributed by atoms with Crippen LogP contribution in [0.3, 0.4) is 0 Å². The van der Waals surface area contributed by atoms with Crippen molar-refractivity contribution in [2.75, 3.05) is 26.4 Å². The minimum absolute atomic E-state index is 0.0406. The fourth-order valence-corrected chi connectivity index (χ4v) is 6.52. The van der Waals surface area contributed by atoms with Gasteiger partial charge >= 0.3 is 18.4 Å². The van der Waals surface area contributed by atoms with Crippen LogP contribution in [0.15, 0.2) is 35.8 Å². The van der Waals surface area contributed by atoms with Crippen molar-refractivity contribution in [1.29, 1.82) is 0 Å². The maximum Gasteiger partial charge on any atom is 0.430 e. The second-order valence-electron chi connectivity index (χ2n) is 12.1. The number of unbranched alkanes of at least 4 members (excludes halogenated alkanes) is 1. The SMILES string of the molecule is CCCc1cc(C(O)(C(F)(F)F)C(F)(F)F)cc(CCC)c1OCCCCN1C(=O)NC(CCC)(C2C=CC3=C(C2)OCCO3)C1=O. The summed E-state index contributed by atoms with van der Waals surface area (Å²) >= 11 is 0. The first-order chi connectivity index (χ1) is 22.1. The highest BCUT2D eigenvalue weighted by atomic mass is 19.4. The van der Waals surface area contributed by atoms with Crippen LogP contribution in [0.2, 0.25) is 0 Å². The van der Waals surface area contributed by atoms with Crippen molar-refractivity contribution in [1.82, 2.24) is 10.2 Å². The van der Waals surface area contributed by atoms with E-state index >= 15 is 0 Å². The summed E-state index contributed by atoms with van der Waals surface area (Å²) in [4.78, 5) is 28.0. The fourth-order valence-electron chi connectivity index (χ4n) is 6.52. The number of nitrogens with zero attached hydrogens (tertiary/aromatic N) is 1. The van der Waals surface area contributed by atoms with Crippen molar-refractivity contribution in [3.63, 3.8) is 0 Å². The molecule has 0 spiro atoms. The van der Waals surface area contributed by atoms with E-state index in [1.54, 1.807) is 19.9 Å². The maximum absolute atomic E-state index is 13.8. The summed E-state index contributed by atoms with van der Waals surface area (Å²) < 4.78 is 99.4. The van der Waals surface area contributed by atoms with Gasteiger partial charge in [0.1, 0.15) is 30.3 Å². The molecule has 47 heavy (non-hydrogen) atoms. The first kappa shape index (κ1) is 36.4. The number of allylic oxidation sites excluding steroid dienone is 2. The highest BCUT2D eigenvalue weighted by molar-refractivity contribution is 6.07. The lowest BCUT2D eigenvalue weighted by atomic mass is 9.76. The summed E-state index contributed by atoms with van der Waals surface area (Å²) in [6.45, 7) is 6.35. The monoisotopic (exact) mass is 676 g/mol. The minimum Gasteiger partial charge on any atom is -0.493 e. The molecular weight excluding hydrogens is 634 g/mol. The van der Waals surface area contributed by atoms with Gasteiger partial charge in [0.15, 0.2) is 5.76 Å². The lowest BCUT2D eigenvalue weighted by Gasteiger charge is -2.36. The molecular formula is C33H42F6N2O6. The topological polar surface area (TPSA) is 97.3 Å². The third kappa shape index (κ3) is 7.07. The number of rotatable bonds is 14. The summed E-state index contributed by atoms with van der Waals surface area (Å²) in [6, 6.07) is 0.942. The zero-order valence-corrected chi connectivity index (χ0v) is 26.8. The molecule has 2 atom stereocenters. The molecule has 2 aliphatic heterocycles. The molecule has 3 amide bonds. The van der Waals surface area contributed by atoms with Crippen LogP contribution in [0.25, 0.3) is 0 Å². The van der Waals surface area contributed by atoms with Gasteiger partial charge in [-0.1, -0.05) is 46.1 Å². The van der Waals surface area contributed by atoms with Gasteiger partial charge in [0, 0.05) is 24.4 Å². The molecule has 0 aromatic heterocycles. The molecule has 0 radical (unpaired) electrons. The Bertz CT molecular complexity index is 1330. The zero-order chi connectivity index (χ0) is 34.6. The van der Waals surface area contributed by atoms with Crippen molar-refractivity contribution in [2.45, 2.75) is 102 Å². The molecule has 4 rings (SSSR count). The number of ether oxygens (including phenoxy) is 3. The molecule has 1 fully saturated rings. The van der Waals surface area contributed by atoms with Gasteiger partial charge in [-0.2, -0.15) is 26.3 Å². The van der Waals surface area contributed by atoms with Gasteiger partial charge in [-0.15, -0.1) is 0 Å². The zero-order valence-electron chi connectivity index (χ0n) is 26.8. The average Bonchev–Trinajstić information content (AvgIpc) is 3.25. The molecule has 2 unspecified atom stereocenters. The van der Waals surface area contributed by atoms with Gasteiger partial charge in [0.05, 0.1) is 6.61 Å². The minimum atomic E-state index is -6.00. The number of urea groups is 1. The molecule has 2 N–H and O–H groups in total. The van der Waals surface area contributed by atoms with Crippen molar-refractivity contribution in [3.05, 3.63) is 52.5 Å². The second-order valence-corrected chi connectivity index (χ2v) is 12.1. The molecule has 1 aromatic rings. The molecule has 3 aliphatic rings. The number of nitrogens with one attached hydrogen (secondary N) is 1. The Hall–Kier alpha value is -3.42. The number of amides is 3. The number of carbonyl (C=O) groups is 2. The smallest absolute Gasteiger partial charge is 0.430 e. The van der Waals surface area contributed by atoms with Crippen LogP contribution in [0.4, 0.5) is 31.1 Å². The normalized spacial score (nSPS) is 21.8. The number of aliphatic hydroxyl groups is 1. The van der Waals surface area contributed by atoms with Crippen LogP contribution >= 0.6 is 0 Å². The average molecular weight is 677 g/mol. The Labute approximate surface area is 270 Å². The summed E-state index contributed by atoms with van der Waals surface area (Å²) in [5.41, 5.74) is -7.22. The van der Waals surface area contributed by atoms with Crippen LogP contribution in [0, 0.1) is 5.92 Å². The van der Waals surface area contributed by atoms with E-state index in [2.05, 4.69) is 5.32 Å². The highest BCUT2D eigenvalue weighted by Crippen LogP contribution is 2.51. The Morgan fingerprint density at radius 1 is 0.957 bits per heavy atom. The Kier molecular flexibility index (Phi) is 11.1. The molecule has 0 bridgehead atoms. The number of halogens is 6. The van der Waals surface area contributed by atoms with E-state index in [9.17, 15) is 41.0 Å². The molecule has 262 valence electrons. The van der Waals surface area contributed by atoms with Crippen LogP contribution in [0.1, 0.15) is 82.4 Å². The van der Waals surface area contributed by atoms with Crippen LogP contribution in [-0.4, -0.2) is 66.2 Å². The number of benzene rings is 1. The first-order valence-electron chi connectivity index (χ1n) is 16.1. The number of imide groups is 1. The van der Waals surface area contributed by atoms with Crippen molar-refractivity contribution >= 4 is 11.9 Å². The van der Waals surface area contributed by atoms with Crippen LogP contribution < -0.4 is 10.1 Å². The van der Waals surface area contributed by atoms with E-state index in [-0.39, 0.29) is 54.7 Å². The number of carbonyl (C=O) groups excluding carboxylic acids is 2. The molecule has 14 heteroatoms. The number of aryl methyl sites for hydroxylation is 2. The molecule has 1 saturated heterocycles. The van der Waals surface area contributed by atoms with Gasteiger partial charge in [-0.3, -0.25) is 9.69 Å². The van der Waals surface area contributed by atoms with Crippen molar-refractivity contribution in [2.24, 2.45) is 5.92 Å². The molecule has 1 aliphatic carbocycles. The molecule has 8 nitrogen and oxygen atoms in total. The fraction of sp³-hybridized carbons (Fsp3) is 0.636. The van der Waals surface area contributed by atoms with E-state index in [0.717, 1.165) is 12.1 Å². The third-order valence-corrected chi connectivity index (χ3v) is 8.80.